The normalized spacial score (nSPS) is 19.3. The van der Waals surface area contributed by atoms with Gasteiger partial charge in [-0.05, 0) is 63.4 Å². The van der Waals surface area contributed by atoms with Gasteiger partial charge in [-0.25, -0.2) is 9.78 Å². The van der Waals surface area contributed by atoms with Gasteiger partial charge in [-0.3, -0.25) is 4.90 Å². The fourth-order valence-electron chi connectivity index (χ4n) is 4.80. The molecule has 1 aromatic heterocycles. The number of benzene rings is 2. The maximum atomic E-state index is 11.3. The van der Waals surface area contributed by atoms with Crippen molar-refractivity contribution in [3.8, 4) is 0 Å². The number of carboxylic acid groups (broad SMARTS) is 1. The molecule has 0 amide bonds. The second kappa shape index (κ2) is 7.99. The molecule has 1 saturated carbocycles. The number of aromatic nitrogens is 2. The molecular formula is C24H29N3O2. The summed E-state index contributed by atoms with van der Waals surface area (Å²) in [6.07, 6.45) is 3.68. The fourth-order valence-corrected chi connectivity index (χ4v) is 4.80. The summed E-state index contributed by atoms with van der Waals surface area (Å²) in [5.41, 5.74) is 4.78. The molecule has 0 saturated heterocycles. The molecule has 0 bridgehead atoms. The van der Waals surface area contributed by atoms with Crippen LogP contribution in [0, 0.1) is 6.92 Å². The van der Waals surface area contributed by atoms with E-state index in [1.54, 1.807) is 12.1 Å². The summed E-state index contributed by atoms with van der Waals surface area (Å²) in [6, 6.07) is 14.7. The number of hydrogen-bond donors (Lipinski definition) is 1. The summed E-state index contributed by atoms with van der Waals surface area (Å²) < 4.78 is 2.20. The van der Waals surface area contributed by atoms with Gasteiger partial charge in [-0.1, -0.05) is 36.2 Å². The number of imidazole rings is 1. The lowest BCUT2D eigenvalue weighted by molar-refractivity contribution is 0.0697. The molecule has 0 aliphatic heterocycles. The highest BCUT2D eigenvalue weighted by Crippen LogP contribution is 2.38. The Morgan fingerprint density at radius 1 is 1.21 bits per heavy atom. The summed E-state index contributed by atoms with van der Waals surface area (Å²) in [6.45, 7) is 5.82. The van der Waals surface area contributed by atoms with Gasteiger partial charge in [0.25, 0.3) is 0 Å². The standard InChI is InChI=1S/C24H29N3O2/c1-4-27-22-13-12-18(24(28)29)14-20(22)25-23(27)15-26(3)21-7-5-6-19(21)17-10-8-16(2)9-11-17/h8-14,19,21H,4-7,15H2,1-3H3,(H,28,29). The Bertz CT molecular complexity index is 1020. The zero-order valence-electron chi connectivity index (χ0n) is 17.4. The third kappa shape index (κ3) is 3.79. The van der Waals surface area contributed by atoms with Crippen LogP contribution in [-0.4, -0.2) is 38.6 Å². The van der Waals surface area contributed by atoms with Crippen LogP contribution < -0.4 is 0 Å². The van der Waals surface area contributed by atoms with Gasteiger partial charge in [-0.15, -0.1) is 0 Å². The van der Waals surface area contributed by atoms with Crippen LogP contribution in [0.15, 0.2) is 42.5 Å². The average molecular weight is 392 g/mol. The van der Waals surface area contributed by atoms with E-state index in [0.717, 1.165) is 29.9 Å². The molecule has 3 aromatic rings. The summed E-state index contributed by atoms with van der Waals surface area (Å²) in [5, 5.41) is 9.28. The smallest absolute Gasteiger partial charge is 0.335 e. The fraction of sp³-hybridized carbons (Fsp3) is 0.417. The zero-order chi connectivity index (χ0) is 20.5. The highest BCUT2D eigenvalue weighted by Gasteiger charge is 2.32. The van der Waals surface area contributed by atoms with Gasteiger partial charge >= 0.3 is 5.97 Å². The van der Waals surface area contributed by atoms with E-state index in [2.05, 4.69) is 54.6 Å². The minimum absolute atomic E-state index is 0.286. The largest absolute Gasteiger partial charge is 0.478 e. The molecule has 2 atom stereocenters. The van der Waals surface area contributed by atoms with Crippen molar-refractivity contribution >= 4 is 17.0 Å². The van der Waals surface area contributed by atoms with Gasteiger partial charge in [0.1, 0.15) is 5.82 Å². The summed E-state index contributed by atoms with van der Waals surface area (Å²) in [4.78, 5) is 18.5. The van der Waals surface area contributed by atoms with Crippen molar-refractivity contribution in [1.82, 2.24) is 14.5 Å². The van der Waals surface area contributed by atoms with E-state index in [1.807, 2.05) is 6.07 Å². The van der Waals surface area contributed by atoms with Crippen molar-refractivity contribution in [2.24, 2.45) is 0 Å². The molecule has 0 radical (unpaired) electrons. The first-order valence-electron chi connectivity index (χ1n) is 10.5. The van der Waals surface area contributed by atoms with E-state index in [-0.39, 0.29) is 5.56 Å². The molecule has 1 N–H and O–H groups in total. The summed E-state index contributed by atoms with van der Waals surface area (Å²) in [7, 11) is 2.19. The highest BCUT2D eigenvalue weighted by atomic mass is 16.4. The minimum atomic E-state index is -0.913. The van der Waals surface area contributed by atoms with E-state index < -0.39 is 5.97 Å². The van der Waals surface area contributed by atoms with Crippen molar-refractivity contribution in [3.63, 3.8) is 0 Å². The van der Waals surface area contributed by atoms with Gasteiger partial charge in [0.2, 0.25) is 0 Å². The second-order valence-corrected chi connectivity index (χ2v) is 8.21. The average Bonchev–Trinajstić information content (AvgIpc) is 3.32. The molecule has 5 heteroatoms. The maximum absolute atomic E-state index is 11.3. The van der Waals surface area contributed by atoms with Crippen LogP contribution in [0.4, 0.5) is 0 Å². The van der Waals surface area contributed by atoms with Crippen LogP contribution in [0.3, 0.4) is 0 Å². The number of aryl methyl sites for hydroxylation is 2. The lowest BCUT2D eigenvalue weighted by Gasteiger charge is -2.30. The predicted molar refractivity (Wildman–Crippen MR) is 115 cm³/mol. The number of fused-ring (bicyclic) bond motifs is 1. The third-order valence-electron chi connectivity index (χ3n) is 6.33. The van der Waals surface area contributed by atoms with Crippen LogP contribution in [-0.2, 0) is 13.1 Å². The molecule has 1 heterocycles. The zero-order valence-corrected chi connectivity index (χ0v) is 17.4. The molecule has 1 fully saturated rings. The lowest BCUT2D eigenvalue weighted by atomic mass is 9.92. The lowest BCUT2D eigenvalue weighted by Crippen LogP contribution is -2.34. The molecule has 2 aromatic carbocycles. The number of hydrogen-bond acceptors (Lipinski definition) is 3. The number of rotatable bonds is 6. The van der Waals surface area contributed by atoms with Crippen molar-refractivity contribution in [3.05, 3.63) is 65.0 Å². The van der Waals surface area contributed by atoms with Crippen LogP contribution >= 0.6 is 0 Å². The van der Waals surface area contributed by atoms with Crippen LogP contribution in [0.2, 0.25) is 0 Å². The van der Waals surface area contributed by atoms with E-state index in [4.69, 9.17) is 4.98 Å². The highest BCUT2D eigenvalue weighted by molar-refractivity contribution is 5.92. The topological polar surface area (TPSA) is 58.4 Å². The number of aromatic carboxylic acids is 1. The Morgan fingerprint density at radius 2 is 1.97 bits per heavy atom. The summed E-state index contributed by atoms with van der Waals surface area (Å²) >= 11 is 0. The molecule has 152 valence electrons. The van der Waals surface area contributed by atoms with Gasteiger partial charge in [0, 0.05) is 12.6 Å². The first-order chi connectivity index (χ1) is 14.0. The minimum Gasteiger partial charge on any atom is -0.478 e. The van der Waals surface area contributed by atoms with E-state index in [0.29, 0.717) is 12.0 Å². The molecule has 5 nitrogen and oxygen atoms in total. The molecule has 0 spiro atoms. The Kier molecular flexibility index (Phi) is 5.41. The Balaban J connectivity index is 1.60. The van der Waals surface area contributed by atoms with Gasteiger partial charge in [0.15, 0.2) is 0 Å². The van der Waals surface area contributed by atoms with Crippen LogP contribution in [0.25, 0.3) is 11.0 Å². The Hall–Kier alpha value is -2.66. The van der Waals surface area contributed by atoms with E-state index in [9.17, 15) is 9.90 Å². The van der Waals surface area contributed by atoms with Gasteiger partial charge < -0.3 is 9.67 Å². The second-order valence-electron chi connectivity index (χ2n) is 8.21. The van der Waals surface area contributed by atoms with Crippen molar-refractivity contribution < 1.29 is 9.90 Å². The number of carboxylic acids is 1. The van der Waals surface area contributed by atoms with Crippen LogP contribution in [0.5, 0.6) is 0 Å². The molecule has 1 aliphatic carbocycles. The van der Waals surface area contributed by atoms with Crippen LogP contribution in [0.1, 0.15) is 59.4 Å². The van der Waals surface area contributed by atoms with Gasteiger partial charge in [-0.2, -0.15) is 0 Å². The van der Waals surface area contributed by atoms with E-state index in [1.165, 1.54) is 30.4 Å². The number of carbonyl (C=O) groups is 1. The summed E-state index contributed by atoms with van der Waals surface area (Å²) in [5.74, 6) is 0.643. The molecule has 29 heavy (non-hydrogen) atoms. The van der Waals surface area contributed by atoms with E-state index >= 15 is 0 Å². The van der Waals surface area contributed by atoms with Crippen molar-refractivity contribution in [1.29, 1.82) is 0 Å². The SMILES string of the molecule is CCn1c(CN(C)C2CCCC2c2ccc(C)cc2)nc2cc(C(=O)O)ccc21. The molecule has 2 unspecified atom stereocenters. The first kappa shape index (κ1) is 19.6. The third-order valence-corrected chi connectivity index (χ3v) is 6.33. The van der Waals surface area contributed by atoms with Crippen molar-refractivity contribution in [2.75, 3.05) is 7.05 Å². The quantitative estimate of drug-likeness (QED) is 0.654. The predicted octanol–water partition coefficient (Wildman–Crippen LogP) is 4.83. The van der Waals surface area contributed by atoms with Gasteiger partial charge in [0.05, 0.1) is 23.1 Å². The Labute approximate surface area is 172 Å². The monoisotopic (exact) mass is 391 g/mol. The van der Waals surface area contributed by atoms with Crippen molar-refractivity contribution in [2.45, 2.75) is 58.2 Å². The number of likely N-dealkylation sites (N-methyl/N-ethyl adjacent to an activating group) is 1. The maximum Gasteiger partial charge on any atom is 0.335 e. The molecule has 1 aliphatic rings. The molecular weight excluding hydrogens is 362 g/mol. The molecule has 4 rings (SSSR count). The first-order valence-corrected chi connectivity index (χ1v) is 10.5. The Morgan fingerprint density at radius 3 is 2.66 bits per heavy atom. The number of nitrogens with zero attached hydrogens (tertiary/aromatic N) is 3.